The SMILES string of the molecule is Cc1ccc(CCc2ccc(C[C@H](F)c3ccccc3)cc2)cc1. The summed E-state index contributed by atoms with van der Waals surface area (Å²) >= 11 is 0. The van der Waals surface area contributed by atoms with Crippen molar-refractivity contribution in [3.05, 3.63) is 107 Å². The molecular formula is C23H23F. The first-order chi connectivity index (χ1) is 11.7. The van der Waals surface area contributed by atoms with Crippen LogP contribution in [0.25, 0.3) is 0 Å². The molecule has 0 aliphatic rings. The van der Waals surface area contributed by atoms with Crippen molar-refractivity contribution in [1.82, 2.24) is 0 Å². The van der Waals surface area contributed by atoms with Crippen LogP contribution in [0.3, 0.4) is 0 Å². The molecule has 0 heterocycles. The predicted molar refractivity (Wildman–Crippen MR) is 99.0 cm³/mol. The molecule has 0 nitrogen and oxygen atoms in total. The van der Waals surface area contributed by atoms with Gasteiger partial charge in [0, 0.05) is 6.42 Å². The van der Waals surface area contributed by atoms with Crippen molar-refractivity contribution in [2.45, 2.75) is 32.4 Å². The van der Waals surface area contributed by atoms with Gasteiger partial charge in [0.05, 0.1) is 0 Å². The van der Waals surface area contributed by atoms with Crippen LogP contribution in [0.4, 0.5) is 4.39 Å². The molecule has 0 fully saturated rings. The van der Waals surface area contributed by atoms with E-state index < -0.39 is 6.17 Å². The molecule has 0 saturated carbocycles. The summed E-state index contributed by atoms with van der Waals surface area (Å²) in [5.74, 6) is 0. The molecule has 0 bridgehead atoms. The molecule has 1 atom stereocenters. The van der Waals surface area contributed by atoms with E-state index in [9.17, 15) is 4.39 Å². The molecule has 0 radical (unpaired) electrons. The molecule has 3 aromatic carbocycles. The second kappa shape index (κ2) is 7.92. The van der Waals surface area contributed by atoms with Crippen LogP contribution >= 0.6 is 0 Å². The molecule has 24 heavy (non-hydrogen) atoms. The molecule has 0 N–H and O–H groups in total. The van der Waals surface area contributed by atoms with Crippen LogP contribution in [-0.2, 0) is 19.3 Å². The smallest absolute Gasteiger partial charge is 0.129 e. The molecule has 0 saturated heterocycles. The highest BCUT2D eigenvalue weighted by molar-refractivity contribution is 5.27. The van der Waals surface area contributed by atoms with Crippen LogP contribution in [0.15, 0.2) is 78.9 Å². The maximum atomic E-state index is 14.3. The summed E-state index contributed by atoms with van der Waals surface area (Å²) in [5, 5.41) is 0. The van der Waals surface area contributed by atoms with Gasteiger partial charge in [-0.1, -0.05) is 84.4 Å². The highest BCUT2D eigenvalue weighted by Gasteiger charge is 2.10. The molecule has 0 amide bonds. The van der Waals surface area contributed by atoms with Crippen molar-refractivity contribution in [3.8, 4) is 0 Å². The quantitative estimate of drug-likeness (QED) is 0.520. The normalized spacial score (nSPS) is 12.1. The summed E-state index contributed by atoms with van der Waals surface area (Å²) < 4.78 is 14.3. The Hall–Kier alpha value is -2.41. The minimum absolute atomic E-state index is 0.433. The summed E-state index contributed by atoms with van der Waals surface area (Å²) in [4.78, 5) is 0. The number of rotatable bonds is 6. The first-order valence-electron chi connectivity index (χ1n) is 8.53. The van der Waals surface area contributed by atoms with Gasteiger partial charge in [-0.2, -0.15) is 0 Å². The molecule has 3 rings (SSSR count). The molecule has 0 aliphatic carbocycles. The second-order valence-electron chi connectivity index (χ2n) is 6.38. The van der Waals surface area contributed by atoms with Gasteiger partial charge in [0.1, 0.15) is 6.17 Å². The van der Waals surface area contributed by atoms with E-state index in [1.165, 1.54) is 16.7 Å². The lowest BCUT2D eigenvalue weighted by Gasteiger charge is -2.09. The highest BCUT2D eigenvalue weighted by Crippen LogP contribution is 2.22. The van der Waals surface area contributed by atoms with Gasteiger partial charge in [0.2, 0.25) is 0 Å². The standard InChI is InChI=1S/C23H23F/c1-18-7-9-19(10-8-18)11-12-20-13-15-21(16-14-20)17-23(24)22-5-3-2-4-6-22/h2-10,13-16,23H,11-12,17H2,1H3/t23-/m0/s1. The Morgan fingerprint density at radius 1 is 0.667 bits per heavy atom. The fraction of sp³-hybridized carbons (Fsp3) is 0.217. The maximum Gasteiger partial charge on any atom is 0.129 e. The van der Waals surface area contributed by atoms with Gasteiger partial charge in [0.15, 0.2) is 0 Å². The summed E-state index contributed by atoms with van der Waals surface area (Å²) in [6.07, 6.45) is 1.54. The Bertz CT molecular complexity index is 742. The van der Waals surface area contributed by atoms with Gasteiger partial charge in [0.25, 0.3) is 0 Å². The molecule has 0 aliphatic heterocycles. The number of hydrogen-bond acceptors (Lipinski definition) is 0. The Morgan fingerprint density at radius 3 is 1.75 bits per heavy atom. The zero-order chi connectivity index (χ0) is 16.8. The molecule has 122 valence electrons. The summed E-state index contributed by atoms with van der Waals surface area (Å²) in [5.41, 5.74) is 5.75. The molecule has 0 aromatic heterocycles. The summed E-state index contributed by atoms with van der Waals surface area (Å²) in [6.45, 7) is 2.11. The maximum absolute atomic E-state index is 14.3. The lowest BCUT2D eigenvalue weighted by Crippen LogP contribution is -1.97. The van der Waals surface area contributed by atoms with Gasteiger partial charge in [-0.05, 0) is 42.0 Å². The van der Waals surface area contributed by atoms with E-state index in [2.05, 4.69) is 55.5 Å². The fourth-order valence-electron chi connectivity index (χ4n) is 2.87. The average molecular weight is 318 g/mol. The second-order valence-corrected chi connectivity index (χ2v) is 6.38. The van der Waals surface area contributed by atoms with Gasteiger partial charge in [-0.15, -0.1) is 0 Å². The number of halogens is 1. The topological polar surface area (TPSA) is 0 Å². The van der Waals surface area contributed by atoms with Gasteiger partial charge < -0.3 is 0 Å². The molecule has 0 spiro atoms. The Balaban J connectivity index is 1.56. The van der Waals surface area contributed by atoms with Crippen LogP contribution in [-0.4, -0.2) is 0 Å². The van der Waals surface area contributed by atoms with Crippen LogP contribution in [0.1, 0.15) is 34.0 Å². The van der Waals surface area contributed by atoms with Crippen molar-refractivity contribution in [2.24, 2.45) is 0 Å². The third kappa shape index (κ3) is 4.55. The number of hydrogen-bond donors (Lipinski definition) is 0. The lowest BCUT2D eigenvalue weighted by atomic mass is 9.99. The first-order valence-corrected chi connectivity index (χ1v) is 8.53. The fourth-order valence-corrected chi connectivity index (χ4v) is 2.87. The summed E-state index contributed by atoms with van der Waals surface area (Å²) in [7, 11) is 0. The number of benzene rings is 3. The number of aryl methyl sites for hydroxylation is 3. The average Bonchev–Trinajstić information content (AvgIpc) is 2.63. The monoisotopic (exact) mass is 318 g/mol. The molecule has 1 heteroatoms. The van der Waals surface area contributed by atoms with E-state index in [4.69, 9.17) is 0 Å². The van der Waals surface area contributed by atoms with Crippen LogP contribution in [0.2, 0.25) is 0 Å². The lowest BCUT2D eigenvalue weighted by molar-refractivity contribution is 0.342. The van der Waals surface area contributed by atoms with Crippen molar-refractivity contribution in [1.29, 1.82) is 0 Å². The third-order valence-corrected chi connectivity index (χ3v) is 4.42. The van der Waals surface area contributed by atoms with E-state index >= 15 is 0 Å². The Labute approximate surface area is 144 Å². The predicted octanol–water partition coefficient (Wildman–Crippen LogP) is 6.03. The summed E-state index contributed by atoms with van der Waals surface area (Å²) in [6, 6.07) is 26.4. The van der Waals surface area contributed by atoms with E-state index in [1.807, 2.05) is 30.3 Å². The van der Waals surface area contributed by atoms with E-state index in [-0.39, 0.29) is 0 Å². The minimum Gasteiger partial charge on any atom is -0.242 e. The van der Waals surface area contributed by atoms with Crippen molar-refractivity contribution < 1.29 is 4.39 Å². The Kier molecular flexibility index (Phi) is 5.43. The van der Waals surface area contributed by atoms with Crippen molar-refractivity contribution in [3.63, 3.8) is 0 Å². The molecular weight excluding hydrogens is 295 g/mol. The zero-order valence-corrected chi connectivity index (χ0v) is 14.1. The first kappa shape index (κ1) is 16.4. The van der Waals surface area contributed by atoms with Crippen molar-refractivity contribution in [2.75, 3.05) is 0 Å². The van der Waals surface area contributed by atoms with E-state index in [0.29, 0.717) is 6.42 Å². The van der Waals surface area contributed by atoms with Crippen LogP contribution < -0.4 is 0 Å². The van der Waals surface area contributed by atoms with E-state index in [1.54, 1.807) is 0 Å². The zero-order valence-electron chi connectivity index (χ0n) is 14.1. The van der Waals surface area contributed by atoms with Crippen LogP contribution in [0, 0.1) is 6.92 Å². The third-order valence-electron chi connectivity index (χ3n) is 4.42. The van der Waals surface area contributed by atoms with Gasteiger partial charge in [-0.3, -0.25) is 0 Å². The van der Waals surface area contributed by atoms with Crippen molar-refractivity contribution >= 4 is 0 Å². The van der Waals surface area contributed by atoms with E-state index in [0.717, 1.165) is 24.0 Å². The van der Waals surface area contributed by atoms with Crippen LogP contribution in [0.5, 0.6) is 0 Å². The van der Waals surface area contributed by atoms with Gasteiger partial charge in [-0.25, -0.2) is 4.39 Å². The highest BCUT2D eigenvalue weighted by atomic mass is 19.1. The van der Waals surface area contributed by atoms with Gasteiger partial charge >= 0.3 is 0 Å². The molecule has 3 aromatic rings. The minimum atomic E-state index is -0.940. The number of alkyl halides is 1. The Morgan fingerprint density at radius 2 is 1.17 bits per heavy atom. The molecule has 0 unspecified atom stereocenters. The largest absolute Gasteiger partial charge is 0.242 e.